The highest BCUT2D eigenvalue weighted by Gasteiger charge is 2.14. The summed E-state index contributed by atoms with van der Waals surface area (Å²) in [5.41, 5.74) is 0.914. The summed E-state index contributed by atoms with van der Waals surface area (Å²) >= 11 is 1.04. The van der Waals surface area contributed by atoms with Crippen molar-refractivity contribution in [3.63, 3.8) is 0 Å². The lowest BCUT2D eigenvalue weighted by atomic mass is 10.2. The van der Waals surface area contributed by atoms with Gasteiger partial charge in [-0.3, -0.25) is 14.9 Å². The Bertz CT molecular complexity index is 924. The monoisotopic (exact) mass is 373 g/mol. The highest BCUT2D eigenvalue weighted by atomic mass is 32.1. The largest absolute Gasteiger partial charge is 0.347 e. The third kappa shape index (κ3) is 4.48. The van der Waals surface area contributed by atoms with Gasteiger partial charge in [-0.1, -0.05) is 30.3 Å². The molecule has 3 rings (SSSR count). The first-order valence-electron chi connectivity index (χ1n) is 7.56. The molecular formula is C18H13F2N3O2S. The summed E-state index contributed by atoms with van der Waals surface area (Å²) < 4.78 is 26.4. The molecule has 26 heavy (non-hydrogen) atoms. The molecule has 2 amide bonds. The molecule has 0 spiro atoms. The smallest absolute Gasteiger partial charge is 0.271 e. The van der Waals surface area contributed by atoms with Crippen molar-refractivity contribution in [3.05, 3.63) is 82.4 Å². The number of anilines is 1. The summed E-state index contributed by atoms with van der Waals surface area (Å²) in [4.78, 5) is 28.1. The van der Waals surface area contributed by atoms with Gasteiger partial charge in [-0.25, -0.2) is 13.8 Å². The van der Waals surface area contributed by atoms with Crippen LogP contribution in [0.2, 0.25) is 0 Å². The number of halogens is 2. The number of thiazole rings is 1. The van der Waals surface area contributed by atoms with Gasteiger partial charge in [0.2, 0.25) is 0 Å². The molecule has 0 aliphatic carbocycles. The van der Waals surface area contributed by atoms with Crippen LogP contribution >= 0.6 is 11.3 Å². The van der Waals surface area contributed by atoms with Crippen molar-refractivity contribution < 1.29 is 18.4 Å². The summed E-state index contributed by atoms with van der Waals surface area (Å²) in [5, 5.41) is 6.78. The maximum atomic E-state index is 13.2. The van der Waals surface area contributed by atoms with E-state index in [2.05, 4.69) is 15.6 Å². The van der Waals surface area contributed by atoms with Gasteiger partial charge in [0.05, 0.1) is 0 Å². The Morgan fingerprint density at radius 3 is 2.38 bits per heavy atom. The topological polar surface area (TPSA) is 71.1 Å². The first-order chi connectivity index (χ1) is 12.5. The summed E-state index contributed by atoms with van der Waals surface area (Å²) in [6.45, 7) is 0.349. The molecule has 5 nitrogen and oxygen atoms in total. The van der Waals surface area contributed by atoms with Crippen molar-refractivity contribution in [2.24, 2.45) is 0 Å². The van der Waals surface area contributed by atoms with Crippen LogP contribution in [-0.4, -0.2) is 16.8 Å². The Hall–Kier alpha value is -3.13. The van der Waals surface area contributed by atoms with Gasteiger partial charge >= 0.3 is 0 Å². The third-order valence-corrected chi connectivity index (χ3v) is 4.14. The molecule has 8 heteroatoms. The van der Waals surface area contributed by atoms with Crippen molar-refractivity contribution in [3.8, 4) is 0 Å². The van der Waals surface area contributed by atoms with E-state index < -0.39 is 17.5 Å². The normalized spacial score (nSPS) is 10.4. The van der Waals surface area contributed by atoms with Gasteiger partial charge in [-0.15, -0.1) is 11.3 Å². The summed E-state index contributed by atoms with van der Waals surface area (Å²) in [5.74, 6) is -2.80. The van der Waals surface area contributed by atoms with E-state index >= 15 is 0 Å². The predicted octanol–water partition coefficient (Wildman–Crippen LogP) is 3.60. The number of carbonyl (C=O) groups excluding carboxylic acids is 2. The van der Waals surface area contributed by atoms with Crippen molar-refractivity contribution in [1.29, 1.82) is 0 Å². The van der Waals surface area contributed by atoms with Crippen molar-refractivity contribution >= 4 is 28.3 Å². The molecule has 0 fully saturated rings. The Morgan fingerprint density at radius 2 is 1.69 bits per heavy atom. The van der Waals surface area contributed by atoms with Gasteiger partial charge in [0.15, 0.2) is 5.13 Å². The maximum Gasteiger partial charge on any atom is 0.271 e. The zero-order valence-electron chi connectivity index (χ0n) is 13.3. The third-order valence-electron chi connectivity index (χ3n) is 3.38. The van der Waals surface area contributed by atoms with E-state index in [0.29, 0.717) is 12.6 Å². The van der Waals surface area contributed by atoms with Gasteiger partial charge in [0.1, 0.15) is 17.3 Å². The maximum absolute atomic E-state index is 13.2. The fourth-order valence-electron chi connectivity index (χ4n) is 2.16. The van der Waals surface area contributed by atoms with E-state index in [1.54, 1.807) is 0 Å². The minimum Gasteiger partial charge on any atom is -0.347 e. The number of carbonyl (C=O) groups is 2. The van der Waals surface area contributed by atoms with E-state index in [4.69, 9.17) is 0 Å². The summed E-state index contributed by atoms with van der Waals surface area (Å²) in [6.07, 6.45) is 0. The summed E-state index contributed by atoms with van der Waals surface area (Å²) in [6, 6.07) is 11.9. The number of hydrogen-bond donors (Lipinski definition) is 2. The number of aromatic nitrogens is 1. The van der Waals surface area contributed by atoms with E-state index in [1.807, 2.05) is 30.3 Å². The summed E-state index contributed by atoms with van der Waals surface area (Å²) in [7, 11) is 0. The molecule has 1 heterocycles. The van der Waals surface area contributed by atoms with E-state index in [0.717, 1.165) is 29.0 Å². The average molecular weight is 373 g/mol. The van der Waals surface area contributed by atoms with Crippen LogP contribution in [0, 0.1) is 11.6 Å². The van der Waals surface area contributed by atoms with Crippen LogP contribution in [-0.2, 0) is 6.54 Å². The first kappa shape index (κ1) is 17.7. The number of nitrogens with one attached hydrogen (secondary N) is 2. The standard InChI is InChI=1S/C18H13F2N3O2S/c19-13-6-12(7-14(20)8-13)16(24)23-18-22-15(10-26-18)17(25)21-9-11-4-2-1-3-5-11/h1-8,10H,9H2,(H,21,25)(H,22,23,24). The fraction of sp³-hybridized carbons (Fsp3) is 0.0556. The van der Waals surface area contributed by atoms with Gasteiger partial charge in [0.25, 0.3) is 11.8 Å². The van der Waals surface area contributed by atoms with Crippen LogP contribution in [0.25, 0.3) is 0 Å². The second-order valence-corrected chi connectivity index (χ2v) is 6.18. The Balaban J connectivity index is 1.62. The molecule has 0 aliphatic heterocycles. The average Bonchev–Trinajstić information content (AvgIpc) is 3.08. The second kappa shape index (κ2) is 7.83. The minimum atomic E-state index is -0.852. The SMILES string of the molecule is O=C(Nc1nc(C(=O)NCc2ccccc2)cs1)c1cc(F)cc(F)c1. The number of hydrogen-bond acceptors (Lipinski definition) is 4. The van der Waals surface area contributed by atoms with E-state index in [1.165, 1.54) is 5.38 Å². The molecule has 0 aliphatic rings. The Labute approximate surface area is 151 Å². The van der Waals surface area contributed by atoms with Crippen LogP contribution in [0.4, 0.5) is 13.9 Å². The number of nitrogens with zero attached hydrogens (tertiary/aromatic N) is 1. The van der Waals surface area contributed by atoms with Crippen LogP contribution in [0.3, 0.4) is 0 Å². The van der Waals surface area contributed by atoms with Crippen molar-refractivity contribution in [1.82, 2.24) is 10.3 Å². The van der Waals surface area contributed by atoms with Crippen LogP contribution < -0.4 is 10.6 Å². The van der Waals surface area contributed by atoms with Gasteiger partial charge < -0.3 is 5.32 Å². The lowest BCUT2D eigenvalue weighted by Crippen LogP contribution is -2.23. The molecule has 0 bridgehead atoms. The molecule has 1 aromatic heterocycles. The molecule has 2 aromatic carbocycles. The van der Waals surface area contributed by atoms with Gasteiger partial charge in [-0.2, -0.15) is 0 Å². The molecule has 0 unspecified atom stereocenters. The molecule has 0 radical (unpaired) electrons. The molecular weight excluding hydrogens is 360 g/mol. The Kier molecular flexibility index (Phi) is 5.33. The van der Waals surface area contributed by atoms with Crippen molar-refractivity contribution in [2.75, 3.05) is 5.32 Å². The number of rotatable bonds is 5. The molecule has 3 aromatic rings. The van der Waals surface area contributed by atoms with Crippen LogP contribution in [0.15, 0.2) is 53.9 Å². The van der Waals surface area contributed by atoms with Gasteiger partial charge in [0, 0.05) is 23.6 Å². The zero-order chi connectivity index (χ0) is 18.5. The zero-order valence-corrected chi connectivity index (χ0v) is 14.1. The van der Waals surface area contributed by atoms with Crippen molar-refractivity contribution in [2.45, 2.75) is 6.54 Å². The molecule has 0 atom stereocenters. The second-order valence-electron chi connectivity index (χ2n) is 5.32. The molecule has 0 saturated carbocycles. The highest BCUT2D eigenvalue weighted by molar-refractivity contribution is 7.14. The lowest BCUT2D eigenvalue weighted by Gasteiger charge is -2.03. The predicted molar refractivity (Wildman–Crippen MR) is 94.0 cm³/mol. The molecule has 0 saturated heterocycles. The van der Waals surface area contributed by atoms with Gasteiger partial charge in [-0.05, 0) is 17.7 Å². The quantitative estimate of drug-likeness (QED) is 0.718. The molecule has 2 N–H and O–H groups in total. The van der Waals surface area contributed by atoms with Crippen LogP contribution in [0.5, 0.6) is 0 Å². The molecule has 132 valence electrons. The van der Waals surface area contributed by atoms with E-state index in [-0.39, 0.29) is 22.3 Å². The number of benzene rings is 2. The Morgan fingerprint density at radius 1 is 1.00 bits per heavy atom. The minimum absolute atomic E-state index is 0.145. The fourth-order valence-corrected chi connectivity index (χ4v) is 2.84. The van der Waals surface area contributed by atoms with Crippen LogP contribution in [0.1, 0.15) is 26.4 Å². The van der Waals surface area contributed by atoms with E-state index in [9.17, 15) is 18.4 Å². The lowest BCUT2D eigenvalue weighted by molar-refractivity contribution is 0.0945. The number of amides is 2. The first-order valence-corrected chi connectivity index (χ1v) is 8.44. The highest BCUT2D eigenvalue weighted by Crippen LogP contribution is 2.17.